The van der Waals surface area contributed by atoms with Crippen LogP contribution in [0.2, 0.25) is 0 Å². The van der Waals surface area contributed by atoms with Crippen LogP contribution in [0.15, 0.2) is 117 Å². The molecule has 0 aliphatic carbocycles. The fraction of sp³-hybridized carbons (Fsp3) is 0.143. The SMILES string of the molecule is Cc1cccc(C)c1[S+](c1ccccc1)c1ccccc1.O=S(=O)([O-])c1ccc(C(F)(F)F)cc1C(F)(F)F. The summed E-state index contributed by atoms with van der Waals surface area (Å²) < 4.78 is 105. The summed E-state index contributed by atoms with van der Waals surface area (Å²) in [5, 5.41) is 0. The Morgan fingerprint density at radius 1 is 0.641 bits per heavy atom. The molecular weight excluding hydrogens is 562 g/mol. The van der Waals surface area contributed by atoms with Crippen molar-refractivity contribution in [2.24, 2.45) is 0 Å². The molecule has 4 rings (SSSR count). The van der Waals surface area contributed by atoms with Gasteiger partial charge in [0.25, 0.3) is 0 Å². The molecule has 4 aromatic rings. The van der Waals surface area contributed by atoms with Crippen molar-refractivity contribution >= 4 is 21.0 Å². The Balaban J connectivity index is 0.000000219. The molecule has 0 atom stereocenters. The van der Waals surface area contributed by atoms with Crippen LogP contribution in [0.5, 0.6) is 0 Å². The van der Waals surface area contributed by atoms with Crippen LogP contribution >= 0.6 is 0 Å². The summed E-state index contributed by atoms with van der Waals surface area (Å²) in [6.07, 6.45) is -10.5. The standard InChI is InChI=1S/C20H19S.C8H4F6O3S/c1-16-10-9-11-17(2)20(16)21(18-12-5-3-6-13-18)19-14-7-4-8-15-19;9-7(10,11)4-1-2-6(18(15,16)17)5(3-4)8(12,13)14/h3-15H,1-2H3;1-3H,(H,15,16,17)/q+1;/p-1. The molecule has 11 heteroatoms. The highest BCUT2D eigenvalue weighted by atomic mass is 32.2. The molecule has 3 nitrogen and oxygen atoms in total. The lowest BCUT2D eigenvalue weighted by Gasteiger charge is -2.17. The second-order valence-electron chi connectivity index (χ2n) is 8.31. The minimum Gasteiger partial charge on any atom is -0.744 e. The summed E-state index contributed by atoms with van der Waals surface area (Å²) in [5.74, 6) is 0. The lowest BCUT2D eigenvalue weighted by Crippen LogP contribution is -2.15. The molecule has 0 saturated carbocycles. The van der Waals surface area contributed by atoms with Crippen LogP contribution in [0.1, 0.15) is 22.3 Å². The van der Waals surface area contributed by atoms with Crippen molar-refractivity contribution in [3.05, 3.63) is 119 Å². The van der Waals surface area contributed by atoms with E-state index in [1.807, 2.05) is 0 Å². The maximum absolute atomic E-state index is 12.4. The van der Waals surface area contributed by atoms with Gasteiger partial charge < -0.3 is 4.55 Å². The van der Waals surface area contributed by atoms with Crippen LogP contribution in [0, 0.1) is 13.8 Å². The van der Waals surface area contributed by atoms with Crippen LogP contribution in [0.4, 0.5) is 26.3 Å². The number of hydrogen-bond donors (Lipinski definition) is 0. The predicted octanol–water partition coefficient (Wildman–Crippen LogP) is 8.03. The van der Waals surface area contributed by atoms with Crippen LogP contribution in [-0.2, 0) is 33.4 Å². The van der Waals surface area contributed by atoms with Crippen molar-refractivity contribution in [2.45, 2.75) is 45.8 Å². The zero-order valence-corrected chi connectivity index (χ0v) is 22.2. The molecule has 4 aromatic carbocycles. The smallest absolute Gasteiger partial charge is 0.417 e. The molecule has 0 unspecified atom stereocenters. The molecule has 0 spiro atoms. The fourth-order valence-electron chi connectivity index (χ4n) is 3.75. The minimum absolute atomic E-state index is 0.00597. The average Bonchev–Trinajstić information content (AvgIpc) is 2.86. The molecule has 0 saturated heterocycles. The Labute approximate surface area is 225 Å². The van der Waals surface area contributed by atoms with Gasteiger partial charge in [0.1, 0.15) is 10.1 Å². The third-order valence-electron chi connectivity index (χ3n) is 5.45. The van der Waals surface area contributed by atoms with Crippen molar-refractivity contribution in [2.75, 3.05) is 0 Å². The summed E-state index contributed by atoms with van der Waals surface area (Å²) in [6.45, 7) is 4.43. The quantitative estimate of drug-likeness (QED) is 0.139. The van der Waals surface area contributed by atoms with Crippen molar-refractivity contribution in [1.29, 1.82) is 0 Å². The van der Waals surface area contributed by atoms with Gasteiger partial charge in [-0.05, 0) is 56.3 Å². The van der Waals surface area contributed by atoms with Gasteiger partial charge in [-0.25, -0.2) is 8.42 Å². The Bertz CT molecular complexity index is 1460. The van der Waals surface area contributed by atoms with E-state index in [4.69, 9.17) is 0 Å². The van der Waals surface area contributed by atoms with Crippen molar-refractivity contribution in [3.8, 4) is 0 Å². The maximum atomic E-state index is 12.4. The summed E-state index contributed by atoms with van der Waals surface area (Å²) in [6, 6.07) is 27.9. The number of hydrogen-bond acceptors (Lipinski definition) is 3. The Morgan fingerprint density at radius 3 is 1.49 bits per heavy atom. The number of rotatable bonds is 4. The highest BCUT2D eigenvalue weighted by Crippen LogP contribution is 2.39. The zero-order chi connectivity index (χ0) is 29.0. The molecule has 0 aliphatic heterocycles. The first-order valence-corrected chi connectivity index (χ1v) is 13.9. The molecule has 39 heavy (non-hydrogen) atoms. The average molecular weight is 585 g/mol. The van der Waals surface area contributed by atoms with E-state index in [9.17, 15) is 39.3 Å². The van der Waals surface area contributed by atoms with E-state index in [0.717, 1.165) is 0 Å². The van der Waals surface area contributed by atoms with Crippen LogP contribution in [-0.4, -0.2) is 13.0 Å². The van der Waals surface area contributed by atoms with E-state index < -0.39 is 44.6 Å². The number of halogens is 6. The largest absolute Gasteiger partial charge is 0.744 e. The number of aryl methyl sites for hydroxylation is 2. The normalized spacial score (nSPS) is 12.2. The maximum Gasteiger partial charge on any atom is 0.417 e. The zero-order valence-electron chi connectivity index (χ0n) is 20.5. The van der Waals surface area contributed by atoms with Gasteiger partial charge in [0.2, 0.25) is 0 Å². The summed E-state index contributed by atoms with van der Waals surface area (Å²) in [7, 11) is -5.55. The lowest BCUT2D eigenvalue weighted by atomic mass is 10.1. The predicted molar refractivity (Wildman–Crippen MR) is 135 cm³/mol. The molecular formula is C28H22F6O3S2. The second-order valence-corrected chi connectivity index (χ2v) is 11.6. The first-order chi connectivity index (χ1) is 18.1. The Hall–Kier alpha value is -3.28. The molecule has 0 amide bonds. The third kappa shape index (κ3) is 7.65. The van der Waals surface area contributed by atoms with E-state index in [0.29, 0.717) is 0 Å². The molecule has 0 aliphatic rings. The monoisotopic (exact) mass is 584 g/mol. The summed E-state index contributed by atoms with van der Waals surface area (Å²) in [4.78, 5) is 2.47. The summed E-state index contributed by atoms with van der Waals surface area (Å²) in [5.41, 5.74) is -1.09. The minimum atomic E-state index is -5.52. The van der Waals surface area contributed by atoms with E-state index in [1.165, 1.54) is 25.8 Å². The van der Waals surface area contributed by atoms with Crippen LogP contribution in [0.3, 0.4) is 0 Å². The third-order valence-corrected chi connectivity index (χ3v) is 8.89. The Morgan fingerprint density at radius 2 is 1.10 bits per heavy atom. The van der Waals surface area contributed by atoms with E-state index in [1.54, 1.807) is 0 Å². The van der Waals surface area contributed by atoms with Gasteiger partial charge in [0, 0.05) is 11.1 Å². The second kappa shape index (κ2) is 11.8. The van der Waals surface area contributed by atoms with Crippen molar-refractivity contribution in [1.82, 2.24) is 0 Å². The van der Waals surface area contributed by atoms with Gasteiger partial charge in [0.15, 0.2) is 14.7 Å². The molecule has 0 bridgehead atoms. The Kier molecular flexibility index (Phi) is 9.20. The summed E-state index contributed by atoms with van der Waals surface area (Å²) >= 11 is 0. The van der Waals surface area contributed by atoms with Crippen LogP contribution < -0.4 is 0 Å². The number of benzene rings is 4. The first-order valence-electron chi connectivity index (χ1n) is 11.3. The highest BCUT2D eigenvalue weighted by molar-refractivity contribution is 7.97. The van der Waals surface area contributed by atoms with E-state index >= 15 is 0 Å². The highest BCUT2D eigenvalue weighted by Gasteiger charge is 2.39. The van der Waals surface area contributed by atoms with Gasteiger partial charge >= 0.3 is 12.4 Å². The van der Waals surface area contributed by atoms with Gasteiger partial charge in [-0.2, -0.15) is 26.3 Å². The van der Waals surface area contributed by atoms with E-state index in [2.05, 4.69) is 92.7 Å². The molecule has 0 heterocycles. The van der Waals surface area contributed by atoms with E-state index in [-0.39, 0.29) is 23.0 Å². The fourth-order valence-corrected chi connectivity index (χ4v) is 6.81. The number of alkyl halides is 6. The topological polar surface area (TPSA) is 57.2 Å². The lowest BCUT2D eigenvalue weighted by molar-refractivity contribution is -0.144. The molecule has 206 valence electrons. The molecule has 0 aromatic heterocycles. The van der Waals surface area contributed by atoms with Crippen molar-refractivity contribution < 1.29 is 39.3 Å². The first kappa shape index (κ1) is 30.3. The van der Waals surface area contributed by atoms with Gasteiger partial charge in [0.05, 0.1) is 26.9 Å². The molecule has 0 fully saturated rings. The molecule has 0 N–H and O–H groups in total. The van der Waals surface area contributed by atoms with Gasteiger partial charge in [-0.15, -0.1) is 0 Å². The van der Waals surface area contributed by atoms with Crippen LogP contribution in [0.25, 0.3) is 0 Å². The van der Waals surface area contributed by atoms with Gasteiger partial charge in [-0.1, -0.05) is 54.6 Å². The van der Waals surface area contributed by atoms with Crippen molar-refractivity contribution in [3.63, 3.8) is 0 Å². The molecule has 0 radical (unpaired) electrons. The van der Waals surface area contributed by atoms with Gasteiger partial charge in [-0.3, -0.25) is 0 Å².